The highest BCUT2D eigenvalue weighted by molar-refractivity contribution is 7.11. The average molecular weight is 414 g/mol. The van der Waals surface area contributed by atoms with E-state index in [1.165, 1.54) is 0 Å². The number of aryl methyl sites for hydroxylation is 1. The Kier molecular flexibility index (Phi) is 5.50. The van der Waals surface area contributed by atoms with E-state index >= 15 is 0 Å². The summed E-state index contributed by atoms with van der Waals surface area (Å²) in [5, 5.41) is 5.81. The number of hydrogen-bond donors (Lipinski definition) is 1. The predicted octanol–water partition coefficient (Wildman–Crippen LogP) is 3.11. The van der Waals surface area contributed by atoms with E-state index in [4.69, 9.17) is 14.2 Å². The zero-order valence-electron chi connectivity index (χ0n) is 16.5. The number of anilines is 2. The molecule has 1 aliphatic heterocycles. The number of methoxy groups -OCH3 is 2. The van der Waals surface area contributed by atoms with Gasteiger partial charge in [-0.2, -0.15) is 0 Å². The van der Waals surface area contributed by atoms with Crippen LogP contribution in [0.25, 0.3) is 10.9 Å². The standard InChI is InChI=1S/C20H22N4O4S/c1-12-17-14(11-29-12)22-18(23-19(17)24-6-8-28-9-7-24)20(25)21-13-4-5-15(26-2)16(10-13)27-3/h4-5,10-11H,6-9H2,1-3H3,(H,21,25). The molecule has 1 saturated heterocycles. The fourth-order valence-corrected chi connectivity index (χ4v) is 4.07. The Labute approximate surface area is 172 Å². The molecule has 1 aliphatic rings. The van der Waals surface area contributed by atoms with Crippen molar-refractivity contribution in [2.24, 2.45) is 0 Å². The summed E-state index contributed by atoms with van der Waals surface area (Å²) >= 11 is 1.61. The number of carbonyl (C=O) groups is 1. The monoisotopic (exact) mass is 414 g/mol. The minimum absolute atomic E-state index is 0.131. The van der Waals surface area contributed by atoms with Gasteiger partial charge in [-0.1, -0.05) is 0 Å². The lowest BCUT2D eigenvalue weighted by molar-refractivity contribution is 0.101. The maximum atomic E-state index is 12.9. The lowest BCUT2D eigenvalue weighted by atomic mass is 10.2. The highest BCUT2D eigenvalue weighted by Crippen LogP contribution is 2.33. The largest absolute Gasteiger partial charge is 0.493 e. The molecular weight excluding hydrogens is 392 g/mol. The zero-order chi connectivity index (χ0) is 20.4. The van der Waals surface area contributed by atoms with Crippen LogP contribution in [0.1, 0.15) is 15.5 Å². The number of morpholine rings is 1. The van der Waals surface area contributed by atoms with Gasteiger partial charge in [0.05, 0.1) is 38.3 Å². The van der Waals surface area contributed by atoms with Crippen molar-refractivity contribution in [2.45, 2.75) is 6.92 Å². The maximum Gasteiger partial charge on any atom is 0.293 e. The van der Waals surface area contributed by atoms with Crippen LogP contribution in [0.3, 0.4) is 0 Å². The molecule has 0 unspecified atom stereocenters. The normalized spacial score (nSPS) is 14.1. The van der Waals surface area contributed by atoms with Gasteiger partial charge in [0.2, 0.25) is 5.82 Å². The lowest BCUT2D eigenvalue weighted by Crippen LogP contribution is -2.37. The Hall–Kier alpha value is -2.91. The van der Waals surface area contributed by atoms with Crippen molar-refractivity contribution in [1.82, 2.24) is 9.97 Å². The third kappa shape index (κ3) is 3.83. The van der Waals surface area contributed by atoms with Crippen LogP contribution in [0.15, 0.2) is 23.6 Å². The second-order valence-electron chi connectivity index (χ2n) is 6.55. The second-order valence-corrected chi connectivity index (χ2v) is 7.63. The zero-order valence-corrected chi connectivity index (χ0v) is 17.3. The van der Waals surface area contributed by atoms with Crippen LogP contribution in [0.4, 0.5) is 11.5 Å². The van der Waals surface area contributed by atoms with Crippen molar-refractivity contribution in [3.05, 3.63) is 34.3 Å². The first-order valence-electron chi connectivity index (χ1n) is 9.22. The number of ether oxygens (including phenoxy) is 3. The third-order valence-electron chi connectivity index (χ3n) is 4.77. The maximum absolute atomic E-state index is 12.9. The van der Waals surface area contributed by atoms with Gasteiger partial charge < -0.3 is 24.4 Å². The molecule has 0 saturated carbocycles. The summed E-state index contributed by atoms with van der Waals surface area (Å²) in [6, 6.07) is 5.18. The number of hydrogen-bond acceptors (Lipinski definition) is 8. The number of benzene rings is 1. The number of carbonyl (C=O) groups excluding carboxylic acids is 1. The van der Waals surface area contributed by atoms with Gasteiger partial charge in [0.25, 0.3) is 5.91 Å². The van der Waals surface area contributed by atoms with E-state index < -0.39 is 0 Å². The van der Waals surface area contributed by atoms with Gasteiger partial charge >= 0.3 is 0 Å². The molecule has 0 atom stereocenters. The average Bonchev–Trinajstić information content (AvgIpc) is 3.14. The van der Waals surface area contributed by atoms with Gasteiger partial charge in [-0.15, -0.1) is 11.3 Å². The van der Waals surface area contributed by atoms with Gasteiger partial charge in [-0.25, -0.2) is 9.97 Å². The van der Waals surface area contributed by atoms with Gasteiger partial charge in [0.15, 0.2) is 11.5 Å². The molecule has 0 spiro atoms. The van der Waals surface area contributed by atoms with Crippen LogP contribution in [0, 0.1) is 6.92 Å². The molecular formula is C20H22N4O4S. The molecule has 0 radical (unpaired) electrons. The number of fused-ring (bicyclic) bond motifs is 1. The molecule has 9 heteroatoms. The van der Waals surface area contributed by atoms with Crippen LogP contribution in [-0.2, 0) is 4.74 Å². The Morgan fingerprint density at radius 3 is 2.66 bits per heavy atom. The van der Waals surface area contributed by atoms with Crippen molar-refractivity contribution in [3.63, 3.8) is 0 Å². The highest BCUT2D eigenvalue weighted by atomic mass is 32.1. The van der Waals surface area contributed by atoms with Gasteiger partial charge in [0.1, 0.15) is 5.82 Å². The van der Waals surface area contributed by atoms with E-state index in [-0.39, 0.29) is 11.7 Å². The molecule has 0 bridgehead atoms. The first-order chi connectivity index (χ1) is 14.1. The Balaban J connectivity index is 1.67. The number of rotatable bonds is 5. The van der Waals surface area contributed by atoms with Crippen molar-refractivity contribution in [3.8, 4) is 11.5 Å². The summed E-state index contributed by atoms with van der Waals surface area (Å²) in [6.45, 7) is 4.80. The molecule has 0 aliphatic carbocycles. The molecule has 3 aromatic rings. The first-order valence-corrected chi connectivity index (χ1v) is 10.1. The van der Waals surface area contributed by atoms with Gasteiger partial charge in [-0.3, -0.25) is 4.79 Å². The highest BCUT2D eigenvalue weighted by Gasteiger charge is 2.22. The fourth-order valence-electron chi connectivity index (χ4n) is 3.30. The third-order valence-corrected chi connectivity index (χ3v) is 5.67. The summed E-state index contributed by atoms with van der Waals surface area (Å²) in [5.41, 5.74) is 1.35. The Bertz CT molecular complexity index is 1050. The molecule has 1 N–H and O–H groups in total. The molecule has 152 valence electrons. The molecule has 3 heterocycles. The van der Waals surface area contributed by atoms with E-state index in [0.29, 0.717) is 30.4 Å². The van der Waals surface area contributed by atoms with Gasteiger partial charge in [-0.05, 0) is 19.1 Å². The molecule has 2 aromatic heterocycles. The summed E-state index contributed by atoms with van der Waals surface area (Å²) in [4.78, 5) is 25.3. The number of aromatic nitrogens is 2. The van der Waals surface area contributed by atoms with E-state index in [9.17, 15) is 4.79 Å². The van der Waals surface area contributed by atoms with E-state index in [1.54, 1.807) is 43.8 Å². The van der Waals surface area contributed by atoms with Gasteiger partial charge in [0, 0.05) is 35.1 Å². The van der Waals surface area contributed by atoms with E-state index in [1.807, 2.05) is 12.3 Å². The molecule has 1 aromatic carbocycles. The summed E-state index contributed by atoms with van der Waals surface area (Å²) in [7, 11) is 3.11. The van der Waals surface area contributed by atoms with Crippen LogP contribution in [-0.4, -0.2) is 56.4 Å². The SMILES string of the molecule is COc1ccc(NC(=O)c2nc(N3CCOCC3)c3c(C)scc3n2)cc1OC. The van der Waals surface area contributed by atoms with Crippen molar-refractivity contribution < 1.29 is 19.0 Å². The van der Waals surface area contributed by atoms with Crippen LogP contribution in [0.2, 0.25) is 0 Å². The smallest absolute Gasteiger partial charge is 0.293 e. The summed E-state index contributed by atoms with van der Waals surface area (Å²) in [6.07, 6.45) is 0. The van der Waals surface area contributed by atoms with Crippen molar-refractivity contribution in [2.75, 3.05) is 50.7 Å². The summed E-state index contributed by atoms with van der Waals surface area (Å²) in [5.74, 6) is 1.66. The molecule has 29 heavy (non-hydrogen) atoms. The van der Waals surface area contributed by atoms with Crippen LogP contribution < -0.4 is 19.7 Å². The molecule has 1 fully saturated rings. The Morgan fingerprint density at radius 1 is 1.17 bits per heavy atom. The van der Waals surface area contributed by atoms with Crippen LogP contribution >= 0.6 is 11.3 Å². The minimum atomic E-state index is -0.377. The van der Waals surface area contributed by atoms with Crippen LogP contribution in [0.5, 0.6) is 11.5 Å². The van der Waals surface area contributed by atoms with Crippen molar-refractivity contribution in [1.29, 1.82) is 0 Å². The predicted molar refractivity (Wildman–Crippen MR) is 113 cm³/mol. The van der Waals surface area contributed by atoms with Crippen molar-refractivity contribution >= 4 is 39.7 Å². The molecule has 4 rings (SSSR count). The van der Waals surface area contributed by atoms with E-state index in [0.717, 1.165) is 34.7 Å². The topological polar surface area (TPSA) is 85.8 Å². The number of thiophene rings is 1. The number of nitrogens with zero attached hydrogens (tertiary/aromatic N) is 3. The first kappa shape index (κ1) is 19.4. The second kappa shape index (κ2) is 8.22. The lowest BCUT2D eigenvalue weighted by Gasteiger charge is -2.28. The number of nitrogens with one attached hydrogen (secondary N) is 1. The minimum Gasteiger partial charge on any atom is -0.493 e. The summed E-state index contributed by atoms with van der Waals surface area (Å²) < 4.78 is 16.0. The Morgan fingerprint density at radius 2 is 1.93 bits per heavy atom. The molecule has 8 nitrogen and oxygen atoms in total. The molecule has 1 amide bonds. The quantitative estimate of drug-likeness (QED) is 0.686. The fraction of sp³-hybridized carbons (Fsp3) is 0.350. The number of amides is 1. The van der Waals surface area contributed by atoms with E-state index in [2.05, 4.69) is 20.2 Å².